The lowest BCUT2D eigenvalue weighted by atomic mass is 10.2. The molecule has 0 saturated carbocycles. The van der Waals surface area contributed by atoms with Crippen molar-refractivity contribution in [2.45, 2.75) is 0 Å². The van der Waals surface area contributed by atoms with E-state index in [2.05, 4.69) is 20.4 Å². The summed E-state index contributed by atoms with van der Waals surface area (Å²) < 4.78 is 20.6. The van der Waals surface area contributed by atoms with Gasteiger partial charge in [0.1, 0.15) is 23.0 Å². The molecule has 0 N–H and O–H groups in total. The van der Waals surface area contributed by atoms with Gasteiger partial charge in [-0.2, -0.15) is 20.4 Å². The molecule has 0 radical (unpaired) electrons. The molecule has 0 aliphatic carbocycles. The van der Waals surface area contributed by atoms with Gasteiger partial charge in [0.05, 0.1) is 53.3 Å². The fraction of sp³-hybridized carbons (Fsp3) is 0.125. The maximum Gasteiger partial charge on any atom is 0.119 e. The lowest BCUT2D eigenvalue weighted by Crippen LogP contribution is -1.86. The van der Waals surface area contributed by atoms with Crippen LogP contribution in [-0.2, 0) is 0 Å². The largest absolute Gasteiger partial charge is 0.497 e. The zero-order valence-electron chi connectivity index (χ0n) is 23.0. The summed E-state index contributed by atoms with van der Waals surface area (Å²) in [7, 11) is 6.54. The summed E-state index contributed by atoms with van der Waals surface area (Å²) in [4.78, 5) is 0. The molecule has 4 aromatic rings. The minimum Gasteiger partial charge on any atom is -0.497 e. The standard InChI is InChI=1S/2C16H16N2O2/c2*1-19-15-7-3-5-13(9-15)11-17-18-12-14-6-4-8-16(10-14)20-2/h2*3-12H,1-2H3/b2*17-11+,18-12+. The lowest BCUT2D eigenvalue weighted by molar-refractivity contribution is 0.414. The summed E-state index contributed by atoms with van der Waals surface area (Å²) in [6.45, 7) is 0. The van der Waals surface area contributed by atoms with E-state index in [0.29, 0.717) is 0 Å². The first-order valence-electron chi connectivity index (χ1n) is 12.3. The quantitative estimate of drug-likeness (QED) is 0.175. The molecule has 0 fully saturated rings. The first-order chi connectivity index (χ1) is 19.6. The highest BCUT2D eigenvalue weighted by atomic mass is 16.5. The molecule has 4 aromatic carbocycles. The monoisotopic (exact) mass is 536 g/mol. The Balaban J connectivity index is 0.000000220. The van der Waals surface area contributed by atoms with Gasteiger partial charge in [-0.15, -0.1) is 0 Å². The van der Waals surface area contributed by atoms with Crippen LogP contribution in [0.1, 0.15) is 22.3 Å². The number of rotatable bonds is 10. The Labute approximate surface area is 235 Å². The van der Waals surface area contributed by atoms with E-state index in [1.54, 1.807) is 53.3 Å². The van der Waals surface area contributed by atoms with Crippen molar-refractivity contribution in [3.63, 3.8) is 0 Å². The molecule has 0 heterocycles. The molecule has 40 heavy (non-hydrogen) atoms. The van der Waals surface area contributed by atoms with Crippen molar-refractivity contribution in [1.82, 2.24) is 0 Å². The Morgan fingerprint density at radius 3 is 0.800 bits per heavy atom. The van der Waals surface area contributed by atoms with Crippen molar-refractivity contribution in [3.8, 4) is 23.0 Å². The van der Waals surface area contributed by atoms with Gasteiger partial charge in [0.2, 0.25) is 0 Å². The van der Waals surface area contributed by atoms with Crippen molar-refractivity contribution in [2.24, 2.45) is 20.4 Å². The Morgan fingerprint density at radius 2 is 0.600 bits per heavy atom. The molecule has 0 unspecified atom stereocenters. The molecule has 204 valence electrons. The first-order valence-corrected chi connectivity index (χ1v) is 12.3. The van der Waals surface area contributed by atoms with E-state index >= 15 is 0 Å². The molecular weight excluding hydrogens is 504 g/mol. The summed E-state index contributed by atoms with van der Waals surface area (Å²) in [6, 6.07) is 30.5. The van der Waals surface area contributed by atoms with Gasteiger partial charge in [0.15, 0.2) is 0 Å². The molecule has 0 saturated heterocycles. The fourth-order valence-corrected chi connectivity index (χ4v) is 3.29. The van der Waals surface area contributed by atoms with Crippen molar-refractivity contribution in [3.05, 3.63) is 119 Å². The minimum atomic E-state index is 0.797. The highest BCUT2D eigenvalue weighted by Gasteiger charge is 1.94. The maximum absolute atomic E-state index is 5.14. The molecule has 0 aliphatic rings. The van der Waals surface area contributed by atoms with Gasteiger partial charge in [-0.05, 0) is 70.8 Å². The van der Waals surface area contributed by atoms with Crippen LogP contribution in [0.15, 0.2) is 117 Å². The Hall–Kier alpha value is -5.24. The van der Waals surface area contributed by atoms with Gasteiger partial charge in [0, 0.05) is 0 Å². The average molecular weight is 537 g/mol. The Kier molecular flexibility index (Phi) is 12.1. The molecule has 0 spiro atoms. The normalized spacial score (nSPS) is 11.1. The van der Waals surface area contributed by atoms with Crippen LogP contribution < -0.4 is 18.9 Å². The van der Waals surface area contributed by atoms with Gasteiger partial charge < -0.3 is 18.9 Å². The molecule has 0 bridgehead atoms. The van der Waals surface area contributed by atoms with Gasteiger partial charge >= 0.3 is 0 Å². The smallest absolute Gasteiger partial charge is 0.119 e. The van der Waals surface area contributed by atoms with Crippen LogP contribution in [0.2, 0.25) is 0 Å². The van der Waals surface area contributed by atoms with Gasteiger partial charge in [-0.1, -0.05) is 48.5 Å². The summed E-state index contributed by atoms with van der Waals surface area (Å²) >= 11 is 0. The predicted molar refractivity (Wildman–Crippen MR) is 162 cm³/mol. The Bertz CT molecular complexity index is 1240. The summed E-state index contributed by atoms with van der Waals surface area (Å²) in [6.07, 6.45) is 6.72. The van der Waals surface area contributed by atoms with E-state index < -0.39 is 0 Å². The van der Waals surface area contributed by atoms with Crippen LogP contribution in [0.3, 0.4) is 0 Å². The second-order valence-electron chi connectivity index (χ2n) is 8.08. The maximum atomic E-state index is 5.14. The summed E-state index contributed by atoms with van der Waals surface area (Å²) in [5, 5.41) is 16.1. The lowest BCUT2D eigenvalue weighted by Gasteiger charge is -1.99. The van der Waals surface area contributed by atoms with Crippen molar-refractivity contribution in [1.29, 1.82) is 0 Å². The van der Waals surface area contributed by atoms with Gasteiger partial charge in [-0.3, -0.25) is 0 Å². The summed E-state index contributed by atoms with van der Waals surface area (Å²) in [5.74, 6) is 3.19. The van der Waals surface area contributed by atoms with Crippen LogP contribution in [0, 0.1) is 0 Å². The van der Waals surface area contributed by atoms with Gasteiger partial charge in [-0.25, -0.2) is 0 Å². The minimum absolute atomic E-state index is 0.797. The fourth-order valence-electron chi connectivity index (χ4n) is 3.29. The molecule has 0 aromatic heterocycles. The highest BCUT2D eigenvalue weighted by Crippen LogP contribution is 2.13. The molecule has 0 atom stereocenters. The molecule has 8 nitrogen and oxygen atoms in total. The third kappa shape index (κ3) is 10.3. The topological polar surface area (TPSA) is 86.4 Å². The number of hydrogen-bond donors (Lipinski definition) is 0. The summed E-state index contributed by atoms with van der Waals surface area (Å²) in [5.41, 5.74) is 3.75. The van der Waals surface area contributed by atoms with Crippen molar-refractivity contribution >= 4 is 24.9 Å². The highest BCUT2D eigenvalue weighted by molar-refractivity contribution is 5.84. The van der Waals surface area contributed by atoms with E-state index in [9.17, 15) is 0 Å². The third-order valence-electron chi connectivity index (χ3n) is 5.34. The molecule has 4 rings (SSSR count). The zero-order chi connectivity index (χ0) is 28.4. The van der Waals surface area contributed by atoms with E-state index in [4.69, 9.17) is 18.9 Å². The first kappa shape index (κ1) is 29.3. The third-order valence-corrected chi connectivity index (χ3v) is 5.34. The number of methoxy groups -OCH3 is 4. The second-order valence-corrected chi connectivity index (χ2v) is 8.08. The number of nitrogens with zero attached hydrogens (tertiary/aromatic N) is 4. The SMILES string of the molecule is COc1cccc(/C=N/N=C/c2cccc(OC)c2)c1.COc1cccc(/C=N/N=C/c2cccc(OC)c2)c1. The second kappa shape index (κ2) is 16.6. The van der Waals surface area contributed by atoms with E-state index in [1.807, 2.05) is 97.1 Å². The van der Waals surface area contributed by atoms with Crippen LogP contribution in [0.25, 0.3) is 0 Å². The molecule has 0 amide bonds. The predicted octanol–water partition coefficient (Wildman–Crippen LogP) is 6.31. The van der Waals surface area contributed by atoms with E-state index in [1.165, 1.54) is 0 Å². The van der Waals surface area contributed by atoms with Crippen molar-refractivity contribution in [2.75, 3.05) is 28.4 Å². The average Bonchev–Trinajstić information content (AvgIpc) is 3.02. The van der Waals surface area contributed by atoms with Crippen LogP contribution >= 0.6 is 0 Å². The van der Waals surface area contributed by atoms with Crippen LogP contribution in [0.4, 0.5) is 0 Å². The number of ether oxygens (including phenoxy) is 4. The van der Waals surface area contributed by atoms with E-state index in [0.717, 1.165) is 45.3 Å². The zero-order valence-corrected chi connectivity index (χ0v) is 23.0. The molecular formula is C32H32N4O4. The van der Waals surface area contributed by atoms with Crippen LogP contribution in [0.5, 0.6) is 23.0 Å². The van der Waals surface area contributed by atoms with Gasteiger partial charge in [0.25, 0.3) is 0 Å². The molecule has 8 heteroatoms. The number of hydrogen-bond acceptors (Lipinski definition) is 8. The van der Waals surface area contributed by atoms with E-state index in [-0.39, 0.29) is 0 Å². The van der Waals surface area contributed by atoms with Crippen LogP contribution in [-0.4, -0.2) is 53.3 Å². The van der Waals surface area contributed by atoms with Crippen molar-refractivity contribution < 1.29 is 18.9 Å². The molecule has 0 aliphatic heterocycles. The Morgan fingerprint density at radius 1 is 0.375 bits per heavy atom. The number of benzene rings is 4.